The van der Waals surface area contributed by atoms with Crippen LogP contribution in [0.15, 0.2) is 77.6 Å². The van der Waals surface area contributed by atoms with E-state index in [0.29, 0.717) is 42.0 Å². The Kier molecular flexibility index (Phi) is 8.92. The number of para-hydroxylation sites is 1. The summed E-state index contributed by atoms with van der Waals surface area (Å²) in [4.78, 5) is 33.9. The van der Waals surface area contributed by atoms with Gasteiger partial charge in [0.2, 0.25) is 5.91 Å². The highest BCUT2D eigenvalue weighted by Crippen LogP contribution is 2.28. The molecule has 4 rings (SSSR count). The Morgan fingerprint density at radius 3 is 2.47 bits per heavy atom. The normalized spacial score (nSPS) is 12.2. The van der Waals surface area contributed by atoms with Gasteiger partial charge in [-0.2, -0.15) is 0 Å². The Morgan fingerprint density at radius 2 is 1.79 bits per heavy atom. The zero-order chi connectivity index (χ0) is 27.2. The number of hydrogen-bond acceptors (Lipinski definition) is 4. The van der Waals surface area contributed by atoms with Crippen LogP contribution in [0.1, 0.15) is 44.6 Å². The van der Waals surface area contributed by atoms with E-state index in [1.807, 2.05) is 57.2 Å². The third-order valence-electron chi connectivity index (χ3n) is 6.24. The van der Waals surface area contributed by atoms with E-state index in [1.54, 1.807) is 23.1 Å². The number of benzene rings is 3. The number of aromatic nitrogens is 2. The molecule has 0 radical (unpaired) electrons. The first-order valence-corrected chi connectivity index (χ1v) is 13.1. The molecule has 6 nitrogen and oxygen atoms in total. The number of fused-ring (bicyclic) bond motifs is 1. The quantitative estimate of drug-likeness (QED) is 0.238. The molecule has 0 aliphatic heterocycles. The van der Waals surface area contributed by atoms with E-state index >= 15 is 0 Å². The first-order valence-electron chi connectivity index (χ1n) is 12.7. The fourth-order valence-corrected chi connectivity index (χ4v) is 4.67. The standard InChI is InChI=1S/C30H31ClFN3O3/c1-4-27(34(17-20(2)3)28(36)19-38-18-21-10-6-5-7-11-21)29-33-26-13-9-8-12-23(26)30(37)35(29)22-14-15-25(32)24(31)16-22/h5-16,20,27H,4,17-19H2,1-3H3. The van der Waals surface area contributed by atoms with Gasteiger partial charge in [0.15, 0.2) is 0 Å². The van der Waals surface area contributed by atoms with E-state index in [9.17, 15) is 14.0 Å². The smallest absolute Gasteiger partial charge is 0.266 e. The fourth-order valence-electron chi connectivity index (χ4n) is 4.50. The minimum Gasteiger partial charge on any atom is -0.367 e. The molecule has 0 saturated carbocycles. The van der Waals surface area contributed by atoms with Crippen molar-refractivity contribution in [1.29, 1.82) is 0 Å². The lowest BCUT2D eigenvalue weighted by molar-refractivity contribution is -0.140. The summed E-state index contributed by atoms with van der Waals surface area (Å²) in [5, 5.41) is 0.311. The lowest BCUT2D eigenvalue weighted by Gasteiger charge is -2.33. The molecule has 38 heavy (non-hydrogen) atoms. The second-order valence-electron chi connectivity index (χ2n) is 9.57. The molecule has 0 saturated heterocycles. The zero-order valence-electron chi connectivity index (χ0n) is 21.7. The lowest BCUT2D eigenvalue weighted by atomic mass is 10.1. The highest BCUT2D eigenvalue weighted by Gasteiger charge is 2.29. The topological polar surface area (TPSA) is 64.4 Å². The van der Waals surface area contributed by atoms with Crippen molar-refractivity contribution in [2.45, 2.75) is 39.8 Å². The molecule has 1 aromatic heterocycles. The highest BCUT2D eigenvalue weighted by molar-refractivity contribution is 6.30. The summed E-state index contributed by atoms with van der Waals surface area (Å²) in [6, 6.07) is 20.3. The number of ether oxygens (including phenoxy) is 1. The van der Waals surface area contributed by atoms with Crippen molar-refractivity contribution >= 4 is 28.4 Å². The number of carbonyl (C=O) groups excluding carboxylic acids is 1. The van der Waals surface area contributed by atoms with Gasteiger partial charge in [0.05, 0.1) is 34.3 Å². The molecule has 0 fully saturated rings. The summed E-state index contributed by atoms with van der Waals surface area (Å²) in [5.74, 6) is -0.246. The molecule has 3 aromatic carbocycles. The minimum atomic E-state index is -0.585. The SMILES string of the molecule is CCC(c1nc2ccccc2c(=O)n1-c1ccc(F)c(Cl)c1)N(CC(C)C)C(=O)COCc1ccccc1. The van der Waals surface area contributed by atoms with Crippen molar-refractivity contribution < 1.29 is 13.9 Å². The maximum absolute atomic E-state index is 14.0. The summed E-state index contributed by atoms with van der Waals surface area (Å²) in [6.07, 6.45) is 0.497. The largest absolute Gasteiger partial charge is 0.367 e. The van der Waals surface area contributed by atoms with Crippen LogP contribution in [0.4, 0.5) is 4.39 Å². The Bertz CT molecular complexity index is 1470. The molecule has 1 heterocycles. The molecular weight excluding hydrogens is 505 g/mol. The number of carbonyl (C=O) groups is 1. The van der Waals surface area contributed by atoms with Crippen LogP contribution < -0.4 is 5.56 Å². The predicted molar refractivity (Wildman–Crippen MR) is 148 cm³/mol. The molecule has 1 amide bonds. The van der Waals surface area contributed by atoms with Gasteiger partial charge in [-0.25, -0.2) is 9.37 Å². The highest BCUT2D eigenvalue weighted by atomic mass is 35.5. The van der Waals surface area contributed by atoms with Crippen molar-refractivity contribution in [1.82, 2.24) is 14.5 Å². The van der Waals surface area contributed by atoms with Crippen LogP contribution in [-0.4, -0.2) is 33.5 Å². The molecule has 198 valence electrons. The second-order valence-corrected chi connectivity index (χ2v) is 9.98. The summed E-state index contributed by atoms with van der Waals surface area (Å²) in [5.41, 5.74) is 1.56. The second kappa shape index (κ2) is 12.3. The van der Waals surface area contributed by atoms with Gasteiger partial charge in [-0.05, 0) is 48.2 Å². The molecule has 0 aliphatic carbocycles. The molecular formula is C30H31ClFN3O3. The van der Waals surface area contributed by atoms with E-state index in [0.717, 1.165) is 5.56 Å². The third kappa shape index (κ3) is 6.11. The van der Waals surface area contributed by atoms with Gasteiger partial charge in [0.1, 0.15) is 18.2 Å². The van der Waals surface area contributed by atoms with Crippen LogP contribution in [0.5, 0.6) is 0 Å². The number of hydrogen-bond donors (Lipinski definition) is 0. The first-order chi connectivity index (χ1) is 18.3. The van der Waals surface area contributed by atoms with Crippen LogP contribution in [0.2, 0.25) is 5.02 Å². The number of halogens is 2. The van der Waals surface area contributed by atoms with Crippen molar-refractivity contribution in [2.75, 3.05) is 13.2 Å². The maximum Gasteiger partial charge on any atom is 0.266 e. The summed E-state index contributed by atoms with van der Waals surface area (Å²) in [7, 11) is 0. The number of rotatable bonds is 10. The van der Waals surface area contributed by atoms with E-state index < -0.39 is 11.9 Å². The molecule has 0 spiro atoms. The van der Waals surface area contributed by atoms with Crippen LogP contribution in [0.3, 0.4) is 0 Å². The monoisotopic (exact) mass is 535 g/mol. The maximum atomic E-state index is 14.0. The summed E-state index contributed by atoms with van der Waals surface area (Å²) in [6.45, 7) is 6.64. The van der Waals surface area contributed by atoms with E-state index in [4.69, 9.17) is 21.3 Å². The number of nitrogens with zero attached hydrogens (tertiary/aromatic N) is 3. The van der Waals surface area contributed by atoms with E-state index in [1.165, 1.54) is 22.8 Å². The van der Waals surface area contributed by atoms with Crippen molar-refractivity contribution in [2.24, 2.45) is 5.92 Å². The van der Waals surface area contributed by atoms with Crippen LogP contribution in [0.25, 0.3) is 16.6 Å². The Hall–Kier alpha value is -3.55. The van der Waals surface area contributed by atoms with Crippen molar-refractivity contribution in [3.8, 4) is 5.69 Å². The number of amides is 1. The predicted octanol–water partition coefficient (Wildman–Crippen LogP) is 6.33. The fraction of sp³-hybridized carbons (Fsp3) is 0.300. The van der Waals surface area contributed by atoms with Crippen LogP contribution >= 0.6 is 11.6 Å². The van der Waals surface area contributed by atoms with Crippen molar-refractivity contribution in [3.63, 3.8) is 0 Å². The van der Waals surface area contributed by atoms with Gasteiger partial charge < -0.3 is 9.64 Å². The molecule has 0 bridgehead atoms. The van der Waals surface area contributed by atoms with Gasteiger partial charge in [0, 0.05) is 6.54 Å². The van der Waals surface area contributed by atoms with Gasteiger partial charge in [0.25, 0.3) is 5.56 Å². The lowest BCUT2D eigenvalue weighted by Crippen LogP contribution is -2.42. The van der Waals surface area contributed by atoms with Crippen LogP contribution in [-0.2, 0) is 16.1 Å². The van der Waals surface area contributed by atoms with Gasteiger partial charge >= 0.3 is 0 Å². The molecule has 8 heteroatoms. The third-order valence-corrected chi connectivity index (χ3v) is 6.53. The summed E-state index contributed by atoms with van der Waals surface area (Å²) >= 11 is 6.10. The van der Waals surface area contributed by atoms with E-state index in [-0.39, 0.29) is 29.0 Å². The van der Waals surface area contributed by atoms with E-state index in [2.05, 4.69) is 0 Å². The Balaban J connectivity index is 1.78. The van der Waals surface area contributed by atoms with Gasteiger partial charge in [-0.15, -0.1) is 0 Å². The molecule has 1 unspecified atom stereocenters. The van der Waals surface area contributed by atoms with Crippen molar-refractivity contribution in [3.05, 3.63) is 105 Å². The zero-order valence-corrected chi connectivity index (χ0v) is 22.5. The molecule has 1 atom stereocenters. The average molecular weight is 536 g/mol. The minimum absolute atomic E-state index is 0.106. The molecule has 0 N–H and O–H groups in total. The van der Waals surface area contributed by atoms with Crippen LogP contribution in [0, 0.1) is 11.7 Å². The van der Waals surface area contributed by atoms with Gasteiger partial charge in [-0.1, -0.05) is 74.8 Å². The first kappa shape index (κ1) is 27.5. The summed E-state index contributed by atoms with van der Waals surface area (Å²) < 4.78 is 21.2. The molecule has 0 aliphatic rings. The Morgan fingerprint density at radius 1 is 1.08 bits per heavy atom. The molecule has 4 aromatic rings. The average Bonchev–Trinajstić information content (AvgIpc) is 2.91. The van der Waals surface area contributed by atoms with Gasteiger partial charge in [-0.3, -0.25) is 14.2 Å². The Labute approximate surface area is 226 Å².